The molecule has 1 saturated heterocycles. The normalized spacial score (nSPS) is 52.7. The van der Waals surface area contributed by atoms with Crippen LogP contribution >= 0.6 is 0 Å². The van der Waals surface area contributed by atoms with Gasteiger partial charge in [0.25, 0.3) is 0 Å². The molecule has 6 aliphatic rings. The zero-order valence-corrected chi connectivity index (χ0v) is 23.5. The third-order valence-electron chi connectivity index (χ3n) is 12.3. The average molecular weight is 545 g/mol. The van der Waals surface area contributed by atoms with Crippen LogP contribution in [-0.4, -0.2) is 74.3 Å². The van der Waals surface area contributed by atoms with Crippen LogP contribution < -0.4 is 0 Å². The summed E-state index contributed by atoms with van der Waals surface area (Å²) in [6.45, 7) is 10.4. The highest BCUT2D eigenvalue weighted by molar-refractivity contribution is 5.98. The minimum absolute atomic E-state index is 0.0242. The van der Waals surface area contributed by atoms with Crippen LogP contribution in [0.15, 0.2) is 23.3 Å². The first-order chi connectivity index (χ1) is 18.1. The fourth-order valence-electron chi connectivity index (χ4n) is 9.76. The van der Waals surface area contributed by atoms with E-state index < -0.39 is 75.8 Å². The predicted octanol–water partition coefficient (Wildman–Crippen LogP) is 2.15. The molecule has 3 saturated carbocycles. The second kappa shape index (κ2) is 8.02. The van der Waals surface area contributed by atoms with Gasteiger partial charge in [-0.25, -0.2) is 4.79 Å². The summed E-state index contributed by atoms with van der Waals surface area (Å²) in [4.78, 5) is 38.4. The predicted molar refractivity (Wildman–Crippen MR) is 137 cm³/mol. The van der Waals surface area contributed by atoms with Gasteiger partial charge in [0.1, 0.15) is 29.5 Å². The summed E-state index contributed by atoms with van der Waals surface area (Å²) in [5.74, 6) is -2.60. The third-order valence-corrected chi connectivity index (χ3v) is 12.3. The number of carbonyl (C=O) groups excluding carboxylic acids is 3. The van der Waals surface area contributed by atoms with Crippen molar-refractivity contribution in [1.82, 2.24) is 0 Å². The first-order valence-corrected chi connectivity index (χ1v) is 14.2. The molecule has 1 spiro atoms. The van der Waals surface area contributed by atoms with Crippen molar-refractivity contribution in [2.24, 2.45) is 28.6 Å². The molecule has 2 aliphatic heterocycles. The second-order valence-corrected chi connectivity index (χ2v) is 13.5. The third kappa shape index (κ3) is 2.97. The molecule has 0 unspecified atom stereocenters. The van der Waals surface area contributed by atoms with E-state index in [0.29, 0.717) is 31.3 Å². The lowest BCUT2D eigenvalue weighted by Crippen LogP contribution is -2.72. The zero-order valence-electron chi connectivity index (χ0n) is 23.5. The number of ketones is 1. The lowest BCUT2D eigenvalue weighted by atomic mass is 9.42. The lowest BCUT2D eigenvalue weighted by Gasteiger charge is -2.63. The van der Waals surface area contributed by atoms with Crippen molar-refractivity contribution in [3.63, 3.8) is 0 Å². The Labute approximate surface area is 228 Å². The molecule has 0 bridgehead atoms. The van der Waals surface area contributed by atoms with Gasteiger partial charge in [0.05, 0.1) is 17.1 Å². The van der Waals surface area contributed by atoms with E-state index in [2.05, 4.69) is 0 Å². The zero-order chi connectivity index (χ0) is 28.5. The first kappa shape index (κ1) is 27.1. The Bertz CT molecular complexity index is 1220. The Morgan fingerprint density at radius 2 is 1.87 bits per heavy atom. The van der Waals surface area contributed by atoms with Crippen LogP contribution in [0.5, 0.6) is 0 Å². The summed E-state index contributed by atoms with van der Waals surface area (Å²) in [6, 6.07) is 0. The van der Waals surface area contributed by atoms with Crippen LogP contribution in [0, 0.1) is 28.6 Å². The van der Waals surface area contributed by atoms with E-state index in [4.69, 9.17) is 14.2 Å². The molecule has 4 aliphatic carbocycles. The van der Waals surface area contributed by atoms with E-state index in [0.717, 1.165) is 5.57 Å². The summed E-state index contributed by atoms with van der Waals surface area (Å²) in [5.41, 5.74) is -5.01. The van der Waals surface area contributed by atoms with Crippen LogP contribution in [0.1, 0.15) is 73.6 Å². The van der Waals surface area contributed by atoms with E-state index >= 15 is 0 Å². The molecule has 2 heterocycles. The highest BCUT2D eigenvalue weighted by Crippen LogP contribution is 2.75. The molecule has 6 rings (SSSR count). The lowest BCUT2D eigenvalue weighted by molar-refractivity contribution is -0.258. The van der Waals surface area contributed by atoms with Gasteiger partial charge in [-0.3, -0.25) is 9.59 Å². The highest BCUT2D eigenvalue weighted by Gasteiger charge is 2.85. The first-order valence-electron chi connectivity index (χ1n) is 14.2. The van der Waals surface area contributed by atoms with E-state index in [9.17, 15) is 29.7 Å². The van der Waals surface area contributed by atoms with Crippen LogP contribution in [0.4, 0.5) is 0 Å². The molecule has 9 heteroatoms. The number of carbonyl (C=O) groups is 3. The highest BCUT2D eigenvalue weighted by atomic mass is 16.6. The fraction of sp³-hybridized carbons (Fsp3) is 0.767. The van der Waals surface area contributed by atoms with Crippen molar-refractivity contribution in [1.29, 1.82) is 0 Å². The monoisotopic (exact) mass is 544 g/mol. The van der Waals surface area contributed by atoms with Crippen molar-refractivity contribution >= 4 is 17.7 Å². The minimum atomic E-state index is -1.68. The Morgan fingerprint density at radius 1 is 1.18 bits per heavy atom. The van der Waals surface area contributed by atoms with Crippen molar-refractivity contribution in [2.45, 2.75) is 115 Å². The van der Waals surface area contributed by atoms with E-state index in [1.807, 2.05) is 27.7 Å². The van der Waals surface area contributed by atoms with Crippen LogP contribution in [0.2, 0.25) is 0 Å². The number of esters is 2. The van der Waals surface area contributed by atoms with Gasteiger partial charge in [0.15, 0.2) is 5.78 Å². The maximum atomic E-state index is 13.5. The van der Waals surface area contributed by atoms with Gasteiger partial charge in [0.2, 0.25) is 0 Å². The summed E-state index contributed by atoms with van der Waals surface area (Å²) in [6.07, 6.45) is 1.56. The Balaban J connectivity index is 1.44. The molecule has 0 aromatic heterocycles. The standard InChI is InChI=1S/C30H40O9/c1-14-11-20(38-25(34)15(14)2)16(3)28(35)13-24(37-17(4)31)29(36)19-12-23-30(39-23)22(33)8-7-21(32)27(30,6)18(19)9-10-26(28,29)5/h7-8,16,18-20,22-24,33,35-36H,9-13H2,1-6H3/t16-,18+,19-,20-,22+,23-,24+,26-,27+,28-,29-,30-/m1/s1. The van der Waals surface area contributed by atoms with Crippen LogP contribution in [0.25, 0.3) is 0 Å². The van der Waals surface area contributed by atoms with Gasteiger partial charge in [0, 0.05) is 36.7 Å². The van der Waals surface area contributed by atoms with Crippen LogP contribution in [-0.2, 0) is 28.6 Å². The summed E-state index contributed by atoms with van der Waals surface area (Å²) in [7, 11) is 0. The maximum absolute atomic E-state index is 13.5. The molecule has 214 valence electrons. The number of aliphatic hydroxyl groups excluding tert-OH is 1. The van der Waals surface area contributed by atoms with Crippen molar-refractivity contribution < 1.29 is 43.9 Å². The van der Waals surface area contributed by atoms with E-state index in [1.54, 1.807) is 6.92 Å². The molecule has 4 fully saturated rings. The Kier molecular flexibility index (Phi) is 5.58. The molecule has 0 amide bonds. The number of aliphatic hydroxyl groups is 3. The molecule has 0 radical (unpaired) electrons. The fourth-order valence-corrected chi connectivity index (χ4v) is 9.76. The van der Waals surface area contributed by atoms with E-state index in [-0.39, 0.29) is 18.1 Å². The molecule has 0 aromatic carbocycles. The molecular formula is C30H40O9. The van der Waals surface area contributed by atoms with Crippen molar-refractivity contribution in [3.8, 4) is 0 Å². The number of hydrogen-bond donors (Lipinski definition) is 3. The largest absolute Gasteiger partial charge is 0.459 e. The quantitative estimate of drug-likeness (QED) is 0.360. The van der Waals surface area contributed by atoms with Crippen molar-refractivity contribution in [3.05, 3.63) is 23.3 Å². The topological polar surface area (TPSA) is 143 Å². The molecular weight excluding hydrogens is 504 g/mol. The number of hydrogen-bond acceptors (Lipinski definition) is 9. The number of allylic oxidation sites excluding steroid dienone is 1. The van der Waals surface area contributed by atoms with Crippen LogP contribution in [0.3, 0.4) is 0 Å². The smallest absolute Gasteiger partial charge is 0.333 e. The number of cyclic esters (lactones) is 1. The molecule has 3 N–H and O–H groups in total. The number of epoxide rings is 1. The second-order valence-electron chi connectivity index (χ2n) is 13.5. The van der Waals surface area contributed by atoms with E-state index in [1.165, 1.54) is 19.1 Å². The van der Waals surface area contributed by atoms with Gasteiger partial charge >= 0.3 is 11.9 Å². The number of ether oxygens (including phenoxy) is 3. The molecule has 0 aromatic rings. The van der Waals surface area contributed by atoms with Gasteiger partial charge in [-0.1, -0.05) is 19.4 Å². The Hall–Kier alpha value is -2.07. The summed E-state index contributed by atoms with van der Waals surface area (Å²) < 4.78 is 17.7. The SMILES string of the molecule is CC(=O)O[C@H]1C[C@@](O)([C@H](C)[C@H]2CC(C)=C(C)C(=O)O2)[C@@]2(C)CC[C@H]3[C@@H](C[C@H]4O[C@]45[C@@H](O)C=CC(=O)[C@]35C)[C@@]12O. The average Bonchev–Trinajstić information content (AvgIpc) is 3.58. The summed E-state index contributed by atoms with van der Waals surface area (Å²) >= 11 is 0. The van der Waals surface area contributed by atoms with Gasteiger partial charge in [-0.15, -0.1) is 0 Å². The van der Waals surface area contributed by atoms with Gasteiger partial charge in [-0.05, 0) is 64.0 Å². The minimum Gasteiger partial charge on any atom is -0.459 e. The molecule has 12 atom stereocenters. The number of rotatable bonds is 3. The van der Waals surface area contributed by atoms with Gasteiger partial charge < -0.3 is 29.5 Å². The maximum Gasteiger partial charge on any atom is 0.333 e. The van der Waals surface area contributed by atoms with Crippen molar-refractivity contribution in [2.75, 3.05) is 0 Å². The molecule has 39 heavy (non-hydrogen) atoms. The number of fused-ring (bicyclic) bond motifs is 4. The Morgan fingerprint density at radius 3 is 2.51 bits per heavy atom. The van der Waals surface area contributed by atoms with Gasteiger partial charge in [-0.2, -0.15) is 0 Å². The summed E-state index contributed by atoms with van der Waals surface area (Å²) in [5, 5.41) is 36.4. The molecule has 9 nitrogen and oxygen atoms in total.